The minimum atomic E-state index is -4.59. The standard InChI is InChI=1S/C24H24F3N3O3/c1-30(2)12-5-13-33-18-10-8-16(9-11-18)14-20-22(31)29-21(23(32)28-20)15-17-6-3-4-7-19(17)24(25,26)27/h3-4,6-11,14-15H,5,12-13H2,1-2H3,(H,28,32)(H,29,31)/b20-14-,21-15-. The third-order valence-corrected chi connectivity index (χ3v) is 4.76. The summed E-state index contributed by atoms with van der Waals surface area (Å²) in [6.45, 7) is 1.49. The lowest BCUT2D eigenvalue weighted by Gasteiger charge is -2.10. The van der Waals surface area contributed by atoms with Crippen molar-refractivity contribution in [2.75, 3.05) is 27.2 Å². The Labute approximate surface area is 187 Å². The quantitative estimate of drug-likeness (QED) is 0.531. The van der Waals surface area contributed by atoms with Gasteiger partial charge >= 0.3 is 6.18 Å². The van der Waals surface area contributed by atoms with Gasteiger partial charge in [0.2, 0.25) is 0 Å². The maximum atomic E-state index is 13.2. The lowest BCUT2D eigenvalue weighted by atomic mass is 10.1. The molecule has 3 aromatic rings. The van der Waals surface area contributed by atoms with Crippen LogP contribution in [-0.2, 0) is 6.18 Å². The Balaban J connectivity index is 1.86. The summed E-state index contributed by atoms with van der Waals surface area (Å²) in [5, 5.41) is -0.281. The minimum Gasteiger partial charge on any atom is -0.494 e. The van der Waals surface area contributed by atoms with Crippen LogP contribution in [0.25, 0.3) is 12.2 Å². The summed E-state index contributed by atoms with van der Waals surface area (Å²) in [7, 11) is 3.98. The molecule has 2 N–H and O–H groups in total. The van der Waals surface area contributed by atoms with Crippen LogP contribution in [0.2, 0.25) is 0 Å². The van der Waals surface area contributed by atoms with Gasteiger partial charge in [-0.15, -0.1) is 0 Å². The molecule has 0 unspecified atom stereocenters. The van der Waals surface area contributed by atoms with Gasteiger partial charge in [-0.2, -0.15) is 13.2 Å². The van der Waals surface area contributed by atoms with Gasteiger partial charge in [-0.05, 0) is 62.0 Å². The number of H-pyrrole nitrogens is 2. The smallest absolute Gasteiger partial charge is 0.416 e. The van der Waals surface area contributed by atoms with Crippen LogP contribution in [0, 0.1) is 0 Å². The normalized spacial score (nSPS) is 13.0. The molecule has 0 saturated heterocycles. The van der Waals surface area contributed by atoms with Gasteiger partial charge in [-0.1, -0.05) is 30.3 Å². The zero-order chi connectivity index (χ0) is 24.0. The van der Waals surface area contributed by atoms with Gasteiger partial charge in [-0.3, -0.25) is 9.59 Å². The van der Waals surface area contributed by atoms with Gasteiger partial charge < -0.3 is 19.6 Å². The van der Waals surface area contributed by atoms with E-state index < -0.39 is 22.9 Å². The minimum absolute atomic E-state index is 0.0130. The third kappa shape index (κ3) is 6.69. The number of hydrogen-bond donors (Lipinski definition) is 2. The zero-order valence-corrected chi connectivity index (χ0v) is 18.2. The zero-order valence-electron chi connectivity index (χ0n) is 18.2. The molecular formula is C24H24F3N3O3. The first-order valence-electron chi connectivity index (χ1n) is 10.2. The molecule has 0 saturated carbocycles. The molecule has 0 aliphatic carbocycles. The van der Waals surface area contributed by atoms with Crippen LogP contribution >= 0.6 is 0 Å². The number of nitrogens with zero attached hydrogens (tertiary/aromatic N) is 1. The Kier molecular flexibility index (Phi) is 7.55. The van der Waals surface area contributed by atoms with Gasteiger partial charge in [0.05, 0.1) is 12.2 Å². The van der Waals surface area contributed by atoms with Crippen molar-refractivity contribution in [1.29, 1.82) is 0 Å². The second-order valence-corrected chi connectivity index (χ2v) is 7.68. The molecular weight excluding hydrogens is 435 g/mol. The summed E-state index contributed by atoms with van der Waals surface area (Å²) in [5.74, 6) is 0.682. The Morgan fingerprint density at radius 2 is 1.52 bits per heavy atom. The molecule has 6 nitrogen and oxygen atoms in total. The predicted octanol–water partition coefficient (Wildman–Crippen LogP) is 2.07. The SMILES string of the molecule is CN(C)CCCOc1ccc(/C=c2\[nH]c(=O)/c(=C/c3ccccc3C(F)(F)F)[nH]c2=O)cc1. The van der Waals surface area contributed by atoms with Gasteiger partial charge in [0.15, 0.2) is 0 Å². The Morgan fingerprint density at radius 3 is 2.12 bits per heavy atom. The van der Waals surface area contributed by atoms with Crippen LogP contribution in [0.1, 0.15) is 23.1 Å². The molecule has 1 aromatic heterocycles. The van der Waals surface area contributed by atoms with E-state index in [1.165, 1.54) is 24.3 Å². The number of ether oxygens (including phenoxy) is 1. The summed E-state index contributed by atoms with van der Waals surface area (Å²) >= 11 is 0. The molecule has 0 radical (unpaired) electrons. The van der Waals surface area contributed by atoms with E-state index in [0.29, 0.717) is 17.9 Å². The highest BCUT2D eigenvalue weighted by atomic mass is 19.4. The number of hydrogen-bond acceptors (Lipinski definition) is 4. The van der Waals surface area contributed by atoms with E-state index >= 15 is 0 Å². The molecule has 0 bridgehead atoms. The van der Waals surface area contributed by atoms with Gasteiger partial charge in [0, 0.05) is 6.54 Å². The van der Waals surface area contributed by atoms with Gasteiger partial charge in [-0.25, -0.2) is 0 Å². The van der Waals surface area contributed by atoms with E-state index in [-0.39, 0.29) is 16.3 Å². The van der Waals surface area contributed by atoms with Crippen molar-refractivity contribution in [3.8, 4) is 5.75 Å². The fourth-order valence-corrected chi connectivity index (χ4v) is 3.13. The second kappa shape index (κ2) is 10.4. The molecule has 0 spiro atoms. The molecule has 33 heavy (non-hydrogen) atoms. The highest BCUT2D eigenvalue weighted by molar-refractivity contribution is 5.54. The van der Waals surface area contributed by atoms with Gasteiger partial charge in [0.1, 0.15) is 16.4 Å². The van der Waals surface area contributed by atoms with E-state index in [1.807, 2.05) is 14.1 Å². The Morgan fingerprint density at radius 1 is 0.909 bits per heavy atom. The molecule has 1 heterocycles. The van der Waals surface area contributed by atoms with Gasteiger partial charge in [0.25, 0.3) is 11.1 Å². The maximum Gasteiger partial charge on any atom is 0.416 e. The van der Waals surface area contributed by atoms with E-state index in [0.717, 1.165) is 25.1 Å². The predicted molar refractivity (Wildman–Crippen MR) is 121 cm³/mol. The highest BCUT2D eigenvalue weighted by Crippen LogP contribution is 2.31. The summed E-state index contributed by atoms with van der Waals surface area (Å²) in [6.07, 6.45) is -1.22. The fourth-order valence-electron chi connectivity index (χ4n) is 3.13. The van der Waals surface area contributed by atoms with Crippen molar-refractivity contribution in [1.82, 2.24) is 14.9 Å². The largest absolute Gasteiger partial charge is 0.494 e. The summed E-state index contributed by atoms with van der Waals surface area (Å²) in [5.41, 5.74) is -1.81. The number of halogens is 3. The third-order valence-electron chi connectivity index (χ3n) is 4.76. The molecule has 0 aliphatic heterocycles. The number of nitrogens with one attached hydrogen (secondary N) is 2. The van der Waals surface area contributed by atoms with Crippen molar-refractivity contribution in [2.24, 2.45) is 0 Å². The van der Waals surface area contributed by atoms with Crippen molar-refractivity contribution in [3.63, 3.8) is 0 Å². The van der Waals surface area contributed by atoms with E-state index in [2.05, 4.69) is 14.9 Å². The molecule has 0 fully saturated rings. The molecule has 3 rings (SSSR count). The van der Waals surface area contributed by atoms with Crippen LogP contribution < -0.4 is 26.6 Å². The van der Waals surface area contributed by atoms with E-state index in [4.69, 9.17) is 4.74 Å². The Hall–Kier alpha value is -3.59. The van der Waals surface area contributed by atoms with Crippen molar-refractivity contribution >= 4 is 12.2 Å². The monoisotopic (exact) mass is 459 g/mol. The molecule has 174 valence electrons. The number of rotatable bonds is 7. The van der Waals surface area contributed by atoms with Crippen LogP contribution in [0.3, 0.4) is 0 Å². The summed E-state index contributed by atoms with van der Waals surface area (Å²) < 4.78 is 45.2. The molecule has 0 aliphatic rings. The molecule has 0 atom stereocenters. The second-order valence-electron chi connectivity index (χ2n) is 7.68. The highest BCUT2D eigenvalue weighted by Gasteiger charge is 2.32. The first-order chi connectivity index (χ1) is 15.6. The molecule has 0 amide bonds. The first-order valence-corrected chi connectivity index (χ1v) is 10.2. The summed E-state index contributed by atoms with van der Waals surface area (Å²) in [4.78, 5) is 31.7. The molecule has 9 heteroatoms. The summed E-state index contributed by atoms with van der Waals surface area (Å²) in [6, 6.07) is 11.8. The first kappa shape index (κ1) is 24.1. The van der Waals surface area contributed by atoms with E-state index in [1.54, 1.807) is 24.3 Å². The number of aromatic amines is 2. The lowest BCUT2D eigenvalue weighted by Crippen LogP contribution is -2.46. The topological polar surface area (TPSA) is 78.2 Å². The number of alkyl halides is 3. The van der Waals surface area contributed by atoms with Crippen LogP contribution in [0.4, 0.5) is 13.2 Å². The van der Waals surface area contributed by atoms with E-state index in [9.17, 15) is 22.8 Å². The lowest BCUT2D eigenvalue weighted by molar-refractivity contribution is -0.137. The average Bonchev–Trinajstić information content (AvgIpc) is 2.75. The fraction of sp³-hybridized carbons (Fsp3) is 0.250. The van der Waals surface area contributed by atoms with Crippen molar-refractivity contribution in [2.45, 2.75) is 12.6 Å². The molecule has 2 aromatic carbocycles. The maximum absolute atomic E-state index is 13.2. The van der Waals surface area contributed by atoms with Crippen molar-refractivity contribution in [3.05, 3.63) is 96.6 Å². The number of benzene rings is 2. The Bertz CT molecular complexity index is 1320. The van der Waals surface area contributed by atoms with Crippen LogP contribution in [0.15, 0.2) is 58.1 Å². The van der Waals surface area contributed by atoms with Crippen molar-refractivity contribution < 1.29 is 17.9 Å². The van der Waals surface area contributed by atoms with Crippen LogP contribution in [-0.4, -0.2) is 42.1 Å². The van der Waals surface area contributed by atoms with Crippen LogP contribution in [0.5, 0.6) is 5.75 Å². The number of aromatic nitrogens is 2. The average molecular weight is 459 g/mol.